The number of ether oxygens (including phenoxy) is 2. The van der Waals surface area contributed by atoms with Crippen LogP contribution in [-0.4, -0.2) is 56.2 Å². The average Bonchev–Trinajstić information content (AvgIpc) is 3.50. The number of aryl methyl sites for hydroxylation is 1. The van der Waals surface area contributed by atoms with Crippen molar-refractivity contribution in [3.63, 3.8) is 0 Å². The molecule has 2 aromatic carbocycles. The van der Waals surface area contributed by atoms with Crippen molar-refractivity contribution in [2.24, 2.45) is 5.92 Å². The standard InChI is InChI=1S/C26H29N3O5/c1-28(13-7-10-21-16-22(27-34-21)18-8-5-4-6-9-18)26(31)19-14-25(30)29(17-19)20-11-12-23(32-2)24(15-20)33-3/h4-6,8-9,11-12,15-16,19H,7,10,13-14,17H2,1-3H3. The quantitative estimate of drug-likeness (QED) is 0.480. The van der Waals surface area contributed by atoms with E-state index in [1.807, 2.05) is 36.4 Å². The zero-order valence-corrected chi connectivity index (χ0v) is 19.7. The first-order valence-corrected chi connectivity index (χ1v) is 11.3. The van der Waals surface area contributed by atoms with Gasteiger partial charge in [0.25, 0.3) is 0 Å². The monoisotopic (exact) mass is 463 g/mol. The number of carbonyl (C=O) groups is 2. The summed E-state index contributed by atoms with van der Waals surface area (Å²) in [7, 11) is 4.89. The fraction of sp³-hybridized carbons (Fsp3) is 0.346. The zero-order valence-electron chi connectivity index (χ0n) is 19.7. The minimum absolute atomic E-state index is 0.0288. The second-order valence-corrected chi connectivity index (χ2v) is 8.35. The van der Waals surface area contributed by atoms with E-state index in [9.17, 15) is 9.59 Å². The Bertz CT molecular complexity index is 1140. The molecule has 1 atom stereocenters. The molecular formula is C26H29N3O5. The number of anilines is 1. The van der Waals surface area contributed by atoms with Crippen LogP contribution >= 0.6 is 0 Å². The van der Waals surface area contributed by atoms with Gasteiger partial charge in [0.15, 0.2) is 11.5 Å². The molecule has 1 fully saturated rings. The molecule has 0 radical (unpaired) electrons. The molecule has 1 aliphatic rings. The van der Waals surface area contributed by atoms with Crippen molar-refractivity contribution in [2.75, 3.05) is 39.3 Å². The van der Waals surface area contributed by atoms with Crippen molar-refractivity contribution in [1.29, 1.82) is 0 Å². The molecular weight excluding hydrogens is 434 g/mol. The predicted molar refractivity (Wildman–Crippen MR) is 128 cm³/mol. The zero-order chi connectivity index (χ0) is 24.1. The van der Waals surface area contributed by atoms with Crippen LogP contribution in [0.25, 0.3) is 11.3 Å². The number of aromatic nitrogens is 1. The summed E-state index contributed by atoms with van der Waals surface area (Å²) in [6.07, 6.45) is 1.62. The number of hydrogen-bond donors (Lipinski definition) is 0. The van der Waals surface area contributed by atoms with E-state index < -0.39 is 0 Å². The molecule has 0 N–H and O–H groups in total. The molecule has 0 saturated carbocycles. The topological polar surface area (TPSA) is 85.1 Å². The normalized spacial score (nSPS) is 15.4. The van der Waals surface area contributed by atoms with Crippen LogP contribution in [0.5, 0.6) is 11.5 Å². The molecule has 8 nitrogen and oxygen atoms in total. The summed E-state index contributed by atoms with van der Waals surface area (Å²) in [6, 6.07) is 17.1. The number of methoxy groups -OCH3 is 2. The molecule has 0 spiro atoms. The lowest BCUT2D eigenvalue weighted by Gasteiger charge is -2.22. The van der Waals surface area contributed by atoms with Gasteiger partial charge in [-0.3, -0.25) is 9.59 Å². The van der Waals surface area contributed by atoms with Crippen LogP contribution in [0, 0.1) is 5.92 Å². The molecule has 1 aliphatic heterocycles. The molecule has 1 aromatic heterocycles. The maximum Gasteiger partial charge on any atom is 0.227 e. The van der Waals surface area contributed by atoms with E-state index >= 15 is 0 Å². The maximum atomic E-state index is 13.0. The Morgan fingerprint density at radius 2 is 1.88 bits per heavy atom. The highest BCUT2D eigenvalue weighted by atomic mass is 16.5. The highest BCUT2D eigenvalue weighted by Crippen LogP contribution is 2.34. The van der Waals surface area contributed by atoms with Crippen LogP contribution in [0.4, 0.5) is 5.69 Å². The first kappa shape index (κ1) is 23.4. The van der Waals surface area contributed by atoms with E-state index in [-0.39, 0.29) is 24.2 Å². The van der Waals surface area contributed by atoms with Gasteiger partial charge in [-0.05, 0) is 18.6 Å². The second kappa shape index (κ2) is 10.4. The van der Waals surface area contributed by atoms with Crippen LogP contribution in [0.2, 0.25) is 0 Å². The van der Waals surface area contributed by atoms with Crippen molar-refractivity contribution >= 4 is 17.5 Å². The Morgan fingerprint density at radius 3 is 2.62 bits per heavy atom. The third-order valence-corrected chi connectivity index (χ3v) is 6.07. The van der Waals surface area contributed by atoms with E-state index in [0.29, 0.717) is 36.7 Å². The van der Waals surface area contributed by atoms with Gasteiger partial charge in [0.05, 0.1) is 20.1 Å². The molecule has 2 amide bonds. The van der Waals surface area contributed by atoms with Crippen LogP contribution in [0.1, 0.15) is 18.6 Å². The average molecular weight is 464 g/mol. The Balaban J connectivity index is 1.30. The van der Waals surface area contributed by atoms with Gasteiger partial charge in [0, 0.05) is 56.4 Å². The third kappa shape index (κ3) is 5.06. The summed E-state index contributed by atoms with van der Waals surface area (Å²) >= 11 is 0. The lowest BCUT2D eigenvalue weighted by molar-refractivity contribution is -0.134. The predicted octanol–water partition coefficient (Wildman–Crippen LogP) is 3.80. The summed E-state index contributed by atoms with van der Waals surface area (Å²) in [5.41, 5.74) is 2.51. The molecule has 34 heavy (non-hydrogen) atoms. The lowest BCUT2D eigenvalue weighted by Crippen LogP contribution is -2.35. The smallest absolute Gasteiger partial charge is 0.227 e. The molecule has 0 bridgehead atoms. The highest BCUT2D eigenvalue weighted by molar-refractivity contribution is 6.00. The van der Waals surface area contributed by atoms with Gasteiger partial charge in [-0.25, -0.2) is 0 Å². The fourth-order valence-corrected chi connectivity index (χ4v) is 4.20. The molecule has 2 heterocycles. The largest absolute Gasteiger partial charge is 0.493 e. The molecule has 4 rings (SSSR count). The third-order valence-electron chi connectivity index (χ3n) is 6.07. The van der Waals surface area contributed by atoms with Gasteiger partial charge in [-0.2, -0.15) is 0 Å². The van der Waals surface area contributed by atoms with Gasteiger partial charge >= 0.3 is 0 Å². The van der Waals surface area contributed by atoms with Crippen LogP contribution < -0.4 is 14.4 Å². The Morgan fingerprint density at radius 1 is 1.12 bits per heavy atom. The molecule has 0 aliphatic carbocycles. The van der Waals surface area contributed by atoms with Crippen LogP contribution in [-0.2, 0) is 16.0 Å². The van der Waals surface area contributed by atoms with Gasteiger partial charge in [-0.15, -0.1) is 0 Å². The minimum Gasteiger partial charge on any atom is -0.493 e. The molecule has 8 heteroatoms. The van der Waals surface area contributed by atoms with Crippen molar-refractivity contribution in [1.82, 2.24) is 10.1 Å². The van der Waals surface area contributed by atoms with Gasteiger partial charge < -0.3 is 23.8 Å². The van der Waals surface area contributed by atoms with E-state index in [0.717, 1.165) is 23.4 Å². The van der Waals surface area contributed by atoms with E-state index in [4.69, 9.17) is 14.0 Å². The summed E-state index contributed by atoms with van der Waals surface area (Å²) in [5, 5.41) is 4.14. The van der Waals surface area contributed by atoms with Crippen LogP contribution in [0.15, 0.2) is 59.1 Å². The van der Waals surface area contributed by atoms with Crippen molar-refractivity contribution in [3.8, 4) is 22.8 Å². The van der Waals surface area contributed by atoms with Gasteiger partial charge in [0.1, 0.15) is 11.5 Å². The van der Waals surface area contributed by atoms with Gasteiger partial charge in [-0.1, -0.05) is 35.5 Å². The minimum atomic E-state index is -0.374. The number of rotatable bonds is 9. The van der Waals surface area contributed by atoms with Crippen LogP contribution in [0.3, 0.4) is 0 Å². The number of benzene rings is 2. The number of amides is 2. The second-order valence-electron chi connectivity index (χ2n) is 8.35. The summed E-state index contributed by atoms with van der Waals surface area (Å²) in [6.45, 7) is 0.918. The summed E-state index contributed by atoms with van der Waals surface area (Å²) in [4.78, 5) is 29.0. The first-order chi connectivity index (χ1) is 16.5. The van der Waals surface area contributed by atoms with Crippen molar-refractivity contribution < 1.29 is 23.6 Å². The van der Waals surface area contributed by atoms with Crippen molar-refractivity contribution in [3.05, 3.63) is 60.4 Å². The molecule has 1 unspecified atom stereocenters. The number of hydrogen-bond acceptors (Lipinski definition) is 6. The summed E-state index contributed by atoms with van der Waals surface area (Å²) in [5.74, 6) is 1.44. The number of carbonyl (C=O) groups excluding carboxylic acids is 2. The maximum absolute atomic E-state index is 13.0. The summed E-state index contributed by atoms with van der Waals surface area (Å²) < 4.78 is 16.1. The van der Waals surface area contributed by atoms with E-state index in [1.54, 1.807) is 49.3 Å². The Kier molecular flexibility index (Phi) is 7.15. The van der Waals surface area contributed by atoms with E-state index in [1.165, 1.54) is 0 Å². The first-order valence-electron chi connectivity index (χ1n) is 11.3. The lowest BCUT2D eigenvalue weighted by atomic mass is 10.1. The fourth-order valence-electron chi connectivity index (χ4n) is 4.20. The Labute approximate surface area is 199 Å². The Hall–Kier alpha value is -3.81. The molecule has 178 valence electrons. The number of nitrogens with zero attached hydrogens (tertiary/aromatic N) is 3. The highest BCUT2D eigenvalue weighted by Gasteiger charge is 2.36. The van der Waals surface area contributed by atoms with Crippen molar-refractivity contribution in [2.45, 2.75) is 19.3 Å². The molecule has 1 saturated heterocycles. The van der Waals surface area contributed by atoms with Gasteiger partial charge in [0.2, 0.25) is 11.8 Å². The molecule has 3 aromatic rings. The SMILES string of the molecule is COc1ccc(N2CC(C(=O)N(C)CCCc3cc(-c4ccccc4)no3)CC2=O)cc1OC. The van der Waals surface area contributed by atoms with E-state index in [2.05, 4.69) is 5.16 Å².